The van der Waals surface area contributed by atoms with Crippen molar-refractivity contribution in [1.82, 2.24) is 5.32 Å². The van der Waals surface area contributed by atoms with Crippen molar-refractivity contribution in [2.75, 3.05) is 26.6 Å². The molecule has 0 fully saturated rings. The van der Waals surface area contributed by atoms with Crippen LogP contribution in [0.5, 0.6) is 0 Å². The summed E-state index contributed by atoms with van der Waals surface area (Å²) in [5, 5.41) is 2.75. The van der Waals surface area contributed by atoms with Gasteiger partial charge in [-0.15, -0.1) is 11.6 Å². The Morgan fingerprint density at radius 3 is 1.55 bits per heavy atom. The third-order valence-electron chi connectivity index (χ3n) is 0.154. The lowest BCUT2D eigenvalue weighted by Crippen LogP contribution is -1.89. The first kappa shape index (κ1) is 17.5. The minimum atomic E-state index is 0.420. The van der Waals surface area contributed by atoms with Gasteiger partial charge in [0.15, 0.2) is 0 Å². The number of alkyl halides is 1. The molecule has 0 atom stereocenters. The highest BCUT2D eigenvalue weighted by Crippen LogP contribution is 1.79. The zero-order valence-corrected chi connectivity index (χ0v) is 9.30. The van der Waals surface area contributed by atoms with E-state index in [-0.39, 0.29) is 0 Å². The lowest BCUT2D eigenvalue weighted by molar-refractivity contribution is 0.381. The Bertz CT molecular complexity index is 35.6. The molecule has 1 N–H and O–H groups in total. The van der Waals surface area contributed by atoms with Crippen LogP contribution in [-0.2, 0) is 4.29 Å². The summed E-state index contributed by atoms with van der Waals surface area (Å²) in [7, 11) is 3.75. The van der Waals surface area contributed by atoms with Crippen LogP contribution < -0.4 is 5.32 Å². The Morgan fingerprint density at radius 1 is 1.27 bits per heavy atom. The zero-order chi connectivity index (χ0) is 9.54. The molecule has 11 heavy (non-hydrogen) atoms. The Balaban J connectivity index is -0.0000000933. The number of rotatable bonds is 2. The van der Waals surface area contributed by atoms with E-state index in [4.69, 9.17) is 23.5 Å². The Labute approximate surface area is 80.4 Å². The molecule has 0 heterocycles. The van der Waals surface area contributed by atoms with Gasteiger partial charge in [0, 0.05) is 5.88 Å². The zero-order valence-electron chi connectivity index (χ0n) is 7.79. The highest BCUT2D eigenvalue weighted by molar-refractivity contribution is 6.18. The molecule has 0 rings (SSSR count). The van der Waals surface area contributed by atoms with E-state index in [9.17, 15) is 0 Å². The van der Waals surface area contributed by atoms with Crippen molar-refractivity contribution in [2.24, 2.45) is 0 Å². The maximum absolute atomic E-state index is 5.09. The topological polar surface area (TPSA) is 21.3 Å². The molecule has 0 aliphatic rings. The lowest BCUT2D eigenvalue weighted by atomic mass is 10.6. The van der Waals surface area contributed by atoms with E-state index in [0.717, 1.165) is 0 Å². The summed E-state index contributed by atoms with van der Waals surface area (Å²) in [6, 6.07) is 0. The third kappa shape index (κ3) is 121. The van der Waals surface area contributed by atoms with Gasteiger partial charge in [-0.2, -0.15) is 0 Å². The predicted molar refractivity (Wildman–Crippen MR) is 53.5 cm³/mol. The molecular weight excluding hydrogens is 185 g/mol. The van der Waals surface area contributed by atoms with Crippen molar-refractivity contribution in [2.45, 2.75) is 20.3 Å². The molecule has 0 unspecified atom stereocenters. The van der Waals surface area contributed by atoms with Gasteiger partial charge < -0.3 is 5.32 Å². The van der Waals surface area contributed by atoms with Crippen LogP contribution in [0.3, 0.4) is 0 Å². The van der Waals surface area contributed by atoms with Crippen LogP contribution in [0.15, 0.2) is 0 Å². The first-order valence-electron chi connectivity index (χ1n) is 3.62. The summed E-state index contributed by atoms with van der Waals surface area (Å²) >= 11 is 9.81. The normalized spacial score (nSPS) is 7.09. The summed E-state index contributed by atoms with van der Waals surface area (Å²) in [5.74, 6) is 0.462. The molecule has 4 heteroatoms. The molecule has 0 aliphatic carbocycles. The summed E-state index contributed by atoms with van der Waals surface area (Å²) in [4.78, 5) is 0. The molecule has 0 aliphatic heterocycles. The highest BCUT2D eigenvalue weighted by atomic mass is 35.5. The van der Waals surface area contributed by atoms with E-state index in [2.05, 4.69) is 23.5 Å². The molecule has 0 saturated carbocycles. The van der Waals surface area contributed by atoms with Crippen molar-refractivity contribution in [3.8, 4) is 0 Å². The highest BCUT2D eigenvalue weighted by Gasteiger charge is 1.71. The SMILES string of the molecule is CCC.CNC.ClCCOCl. The standard InChI is InChI=1S/C3H8.C2H4Cl2O.C2H7N/c1-3-2;3-1-2-5-4;1-3-2/h3H2,1-2H3;1-2H2;3H,1-2H3. The second-order valence-electron chi connectivity index (χ2n) is 1.71. The molecule has 2 nitrogen and oxygen atoms in total. The van der Waals surface area contributed by atoms with Gasteiger partial charge in [-0.1, -0.05) is 20.3 Å². The second kappa shape index (κ2) is 31.3. The molecular formula is C7H19Cl2NO. The van der Waals surface area contributed by atoms with Crippen LogP contribution in [0.4, 0.5) is 0 Å². The fourth-order valence-corrected chi connectivity index (χ4v) is 0.262. The maximum atomic E-state index is 5.09. The Hall–Kier alpha value is 0.500. The number of hydrogen-bond donors (Lipinski definition) is 1. The maximum Gasteiger partial charge on any atom is 0.0818 e. The minimum absolute atomic E-state index is 0.420. The monoisotopic (exact) mass is 203 g/mol. The third-order valence-corrected chi connectivity index (χ3v) is 0.463. The van der Waals surface area contributed by atoms with Gasteiger partial charge in [-0.3, -0.25) is 4.29 Å². The van der Waals surface area contributed by atoms with Crippen molar-refractivity contribution in [3.63, 3.8) is 0 Å². The van der Waals surface area contributed by atoms with Crippen molar-refractivity contribution in [1.29, 1.82) is 0 Å². The van der Waals surface area contributed by atoms with Gasteiger partial charge in [0.2, 0.25) is 0 Å². The second-order valence-corrected chi connectivity index (χ2v) is 2.31. The average molecular weight is 204 g/mol. The smallest absolute Gasteiger partial charge is 0.0818 e. The Kier molecular flexibility index (Phi) is 50.0. The van der Waals surface area contributed by atoms with Gasteiger partial charge in [0.05, 0.1) is 18.5 Å². The van der Waals surface area contributed by atoms with E-state index in [1.807, 2.05) is 14.1 Å². The molecule has 0 aromatic rings. The van der Waals surface area contributed by atoms with E-state index in [0.29, 0.717) is 12.5 Å². The van der Waals surface area contributed by atoms with Crippen LogP contribution in [-0.4, -0.2) is 26.6 Å². The number of halogens is 2. The minimum Gasteiger partial charge on any atom is -0.323 e. The quantitative estimate of drug-likeness (QED) is 0.698. The first-order valence-corrected chi connectivity index (χ1v) is 4.47. The van der Waals surface area contributed by atoms with Crippen molar-refractivity contribution >= 4 is 23.5 Å². The van der Waals surface area contributed by atoms with Gasteiger partial charge in [-0.05, 0) is 14.1 Å². The molecule has 0 radical (unpaired) electrons. The fourth-order valence-electron chi connectivity index (χ4n) is 0.0292. The van der Waals surface area contributed by atoms with Crippen LogP contribution in [0.1, 0.15) is 20.3 Å². The predicted octanol–water partition coefficient (Wildman–Crippen LogP) is 2.65. The van der Waals surface area contributed by atoms with Crippen LogP contribution in [0, 0.1) is 0 Å². The van der Waals surface area contributed by atoms with Gasteiger partial charge >= 0.3 is 0 Å². The number of nitrogens with one attached hydrogen (secondary N) is 1. The van der Waals surface area contributed by atoms with E-state index in [1.54, 1.807) is 0 Å². The molecule has 0 amide bonds. The molecule has 0 saturated heterocycles. The molecule has 0 spiro atoms. The molecule has 0 aromatic carbocycles. The van der Waals surface area contributed by atoms with Gasteiger partial charge in [0.25, 0.3) is 0 Å². The van der Waals surface area contributed by atoms with E-state index < -0.39 is 0 Å². The van der Waals surface area contributed by atoms with Crippen molar-refractivity contribution in [3.05, 3.63) is 0 Å². The summed E-state index contributed by atoms with van der Waals surface area (Å²) in [5.41, 5.74) is 0. The largest absolute Gasteiger partial charge is 0.323 e. The summed E-state index contributed by atoms with van der Waals surface area (Å²) in [6.45, 7) is 4.67. The summed E-state index contributed by atoms with van der Waals surface area (Å²) < 4.78 is 4.03. The van der Waals surface area contributed by atoms with Gasteiger partial charge in [-0.25, -0.2) is 0 Å². The summed E-state index contributed by atoms with van der Waals surface area (Å²) in [6.07, 6.45) is 1.25. The lowest BCUT2D eigenvalue weighted by Gasteiger charge is -1.78. The van der Waals surface area contributed by atoms with Gasteiger partial charge in [0.1, 0.15) is 0 Å². The van der Waals surface area contributed by atoms with Crippen molar-refractivity contribution < 1.29 is 4.29 Å². The van der Waals surface area contributed by atoms with Crippen LogP contribution in [0.25, 0.3) is 0 Å². The van der Waals surface area contributed by atoms with E-state index >= 15 is 0 Å². The molecule has 0 aromatic heterocycles. The average Bonchev–Trinajstić information content (AvgIpc) is 1.92. The van der Waals surface area contributed by atoms with Crippen LogP contribution >= 0.6 is 23.5 Å². The molecule has 72 valence electrons. The fraction of sp³-hybridized carbons (Fsp3) is 1.00. The molecule has 0 bridgehead atoms. The Morgan fingerprint density at radius 2 is 1.55 bits per heavy atom. The van der Waals surface area contributed by atoms with E-state index in [1.165, 1.54) is 6.42 Å². The number of hydrogen-bond acceptors (Lipinski definition) is 2. The van der Waals surface area contributed by atoms with Crippen LogP contribution in [0.2, 0.25) is 0 Å². The first-order chi connectivity index (χ1) is 5.24.